The zero-order valence-electron chi connectivity index (χ0n) is 17.4. The maximum Gasteiger partial charge on any atom is 0.274 e. The minimum absolute atomic E-state index is 0.132. The zero-order valence-corrected chi connectivity index (χ0v) is 17.4. The highest BCUT2D eigenvalue weighted by atomic mass is 16.2. The van der Waals surface area contributed by atoms with Gasteiger partial charge in [0.1, 0.15) is 5.69 Å². The number of amides is 1. The molecule has 1 saturated heterocycles. The molecule has 0 bridgehead atoms. The third-order valence-electron chi connectivity index (χ3n) is 5.59. The van der Waals surface area contributed by atoms with Crippen LogP contribution in [0.5, 0.6) is 0 Å². The van der Waals surface area contributed by atoms with E-state index in [0.717, 1.165) is 30.7 Å². The lowest BCUT2D eigenvalue weighted by molar-refractivity contribution is 0.0697. The van der Waals surface area contributed by atoms with E-state index in [1.165, 1.54) is 27.9 Å². The summed E-state index contributed by atoms with van der Waals surface area (Å²) in [6.07, 6.45) is 2.80. The summed E-state index contributed by atoms with van der Waals surface area (Å²) in [6.45, 7) is 3.34. The van der Waals surface area contributed by atoms with Crippen LogP contribution in [0.25, 0.3) is 0 Å². The van der Waals surface area contributed by atoms with E-state index in [2.05, 4.69) is 41.5 Å². The first-order chi connectivity index (χ1) is 14.5. The van der Waals surface area contributed by atoms with Crippen molar-refractivity contribution in [1.82, 2.24) is 19.7 Å². The quantitative estimate of drug-likeness (QED) is 0.673. The summed E-state index contributed by atoms with van der Waals surface area (Å²) in [4.78, 5) is 31.1. The van der Waals surface area contributed by atoms with Gasteiger partial charge < -0.3 is 4.90 Å². The molecule has 30 heavy (non-hydrogen) atoms. The SMILES string of the molecule is Cc1cc(Cc2ccccc2)cc([C@@H]2CCCN(C(=O)c3ccc(=O)n(C)n3)C2)n1. The average molecular weight is 402 g/mol. The van der Waals surface area contributed by atoms with Gasteiger partial charge in [0.15, 0.2) is 0 Å². The van der Waals surface area contributed by atoms with Gasteiger partial charge in [-0.3, -0.25) is 14.6 Å². The van der Waals surface area contributed by atoms with Crippen LogP contribution in [-0.2, 0) is 13.5 Å². The van der Waals surface area contributed by atoms with E-state index in [4.69, 9.17) is 4.98 Å². The fourth-order valence-electron chi connectivity index (χ4n) is 4.09. The third kappa shape index (κ3) is 4.48. The van der Waals surface area contributed by atoms with Crippen molar-refractivity contribution in [2.45, 2.75) is 32.1 Å². The van der Waals surface area contributed by atoms with Crippen molar-refractivity contribution in [2.24, 2.45) is 7.05 Å². The molecule has 0 spiro atoms. The molecule has 0 saturated carbocycles. The first kappa shape index (κ1) is 20.0. The molecule has 0 aliphatic carbocycles. The van der Waals surface area contributed by atoms with E-state index in [1.807, 2.05) is 17.9 Å². The Bertz CT molecular complexity index is 1110. The molecule has 1 fully saturated rings. The molecular formula is C24H26N4O2. The Hall–Kier alpha value is -3.28. The van der Waals surface area contributed by atoms with E-state index in [-0.39, 0.29) is 17.4 Å². The molecular weight excluding hydrogens is 376 g/mol. The predicted molar refractivity (Wildman–Crippen MR) is 116 cm³/mol. The molecule has 1 aromatic carbocycles. The molecule has 6 heteroatoms. The van der Waals surface area contributed by atoms with Crippen LogP contribution in [0.2, 0.25) is 0 Å². The van der Waals surface area contributed by atoms with Crippen molar-refractivity contribution in [3.8, 4) is 0 Å². The van der Waals surface area contributed by atoms with Gasteiger partial charge >= 0.3 is 0 Å². The van der Waals surface area contributed by atoms with Gasteiger partial charge in [0, 0.05) is 43.5 Å². The highest BCUT2D eigenvalue weighted by molar-refractivity contribution is 5.92. The molecule has 1 atom stereocenters. The van der Waals surface area contributed by atoms with Crippen LogP contribution in [0.3, 0.4) is 0 Å². The van der Waals surface area contributed by atoms with Crippen LogP contribution >= 0.6 is 0 Å². The van der Waals surface area contributed by atoms with Gasteiger partial charge in [0.05, 0.1) is 0 Å². The minimum Gasteiger partial charge on any atom is -0.337 e. The number of benzene rings is 1. The van der Waals surface area contributed by atoms with Gasteiger partial charge in [-0.2, -0.15) is 5.10 Å². The molecule has 1 aliphatic heterocycles. The number of pyridine rings is 1. The second kappa shape index (κ2) is 8.61. The molecule has 6 nitrogen and oxygen atoms in total. The van der Waals surface area contributed by atoms with Crippen LogP contribution in [0.4, 0.5) is 0 Å². The van der Waals surface area contributed by atoms with Crippen molar-refractivity contribution < 1.29 is 4.79 Å². The minimum atomic E-state index is -0.224. The number of rotatable bonds is 4. The molecule has 0 radical (unpaired) electrons. The number of aromatic nitrogens is 3. The number of likely N-dealkylation sites (tertiary alicyclic amines) is 1. The van der Waals surface area contributed by atoms with Gasteiger partial charge in [-0.05, 0) is 55.5 Å². The zero-order chi connectivity index (χ0) is 21.1. The highest BCUT2D eigenvalue weighted by Crippen LogP contribution is 2.28. The predicted octanol–water partition coefficient (Wildman–Crippen LogP) is 3.09. The molecule has 4 rings (SSSR count). The van der Waals surface area contributed by atoms with E-state index in [9.17, 15) is 9.59 Å². The Kier molecular flexibility index (Phi) is 5.74. The van der Waals surface area contributed by atoms with Gasteiger partial charge in [-0.1, -0.05) is 30.3 Å². The molecule has 3 heterocycles. The Morgan fingerprint density at radius 3 is 2.67 bits per heavy atom. The Morgan fingerprint density at radius 2 is 1.90 bits per heavy atom. The van der Waals surface area contributed by atoms with Crippen molar-refractivity contribution in [2.75, 3.05) is 13.1 Å². The number of piperidine rings is 1. The smallest absolute Gasteiger partial charge is 0.274 e. The lowest BCUT2D eigenvalue weighted by Crippen LogP contribution is -2.40. The largest absolute Gasteiger partial charge is 0.337 e. The van der Waals surface area contributed by atoms with Crippen LogP contribution in [0.1, 0.15) is 51.8 Å². The molecule has 2 aromatic heterocycles. The highest BCUT2D eigenvalue weighted by Gasteiger charge is 2.27. The molecule has 0 unspecified atom stereocenters. The molecule has 1 amide bonds. The number of nitrogens with zero attached hydrogens (tertiary/aromatic N) is 4. The van der Waals surface area contributed by atoms with Crippen molar-refractivity contribution >= 4 is 5.91 Å². The molecule has 154 valence electrons. The molecule has 3 aromatic rings. The number of carbonyl (C=O) groups is 1. The van der Waals surface area contributed by atoms with Gasteiger partial charge in [-0.15, -0.1) is 0 Å². The first-order valence-electron chi connectivity index (χ1n) is 10.3. The monoisotopic (exact) mass is 402 g/mol. The second-order valence-electron chi connectivity index (χ2n) is 7.97. The fraction of sp³-hybridized carbons (Fsp3) is 0.333. The lowest BCUT2D eigenvalue weighted by atomic mass is 9.92. The van der Waals surface area contributed by atoms with E-state index in [0.29, 0.717) is 18.8 Å². The van der Waals surface area contributed by atoms with Crippen LogP contribution < -0.4 is 5.56 Å². The van der Waals surface area contributed by atoms with Crippen molar-refractivity contribution in [1.29, 1.82) is 0 Å². The summed E-state index contributed by atoms with van der Waals surface area (Å²) in [5, 5.41) is 4.12. The summed E-state index contributed by atoms with van der Waals surface area (Å²) >= 11 is 0. The van der Waals surface area contributed by atoms with E-state index in [1.54, 1.807) is 7.05 Å². The Labute approximate surface area is 176 Å². The van der Waals surface area contributed by atoms with Crippen LogP contribution in [0.15, 0.2) is 59.4 Å². The fourth-order valence-corrected chi connectivity index (χ4v) is 4.09. The summed E-state index contributed by atoms with van der Waals surface area (Å²) < 4.78 is 1.20. The summed E-state index contributed by atoms with van der Waals surface area (Å²) in [5.74, 6) is 0.0668. The first-order valence-corrected chi connectivity index (χ1v) is 10.3. The summed E-state index contributed by atoms with van der Waals surface area (Å²) in [5.41, 5.74) is 4.65. The summed E-state index contributed by atoms with van der Waals surface area (Å²) in [6, 6.07) is 17.6. The Balaban J connectivity index is 1.53. The van der Waals surface area contributed by atoms with Crippen LogP contribution in [-0.4, -0.2) is 38.7 Å². The number of carbonyl (C=O) groups excluding carboxylic acids is 1. The third-order valence-corrected chi connectivity index (χ3v) is 5.59. The van der Waals surface area contributed by atoms with Crippen molar-refractivity contribution in [3.05, 3.63) is 93.2 Å². The number of hydrogen-bond acceptors (Lipinski definition) is 4. The van der Waals surface area contributed by atoms with Gasteiger partial charge in [0.2, 0.25) is 0 Å². The normalized spacial score (nSPS) is 16.5. The molecule has 1 aliphatic rings. The van der Waals surface area contributed by atoms with Crippen LogP contribution in [0, 0.1) is 6.92 Å². The second-order valence-corrected chi connectivity index (χ2v) is 7.97. The lowest BCUT2D eigenvalue weighted by Gasteiger charge is -2.32. The van der Waals surface area contributed by atoms with E-state index < -0.39 is 0 Å². The molecule has 0 N–H and O–H groups in total. The average Bonchev–Trinajstić information content (AvgIpc) is 2.75. The van der Waals surface area contributed by atoms with Gasteiger partial charge in [0.25, 0.3) is 11.5 Å². The standard InChI is InChI=1S/C24H26N4O2/c1-17-13-19(14-18-7-4-3-5-8-18)15-22(25-17)20-9-6-12-28(16-20)24(30)21-10-11-23(29)27(2)26-21/h3-5,7-8,10-11,13,15,20H,6,9,12,14,16H2,1-2H3/t20-/m1/s1. The maximum atomic E-state index is 12.9. The maximum absolute atomic E-state index is 12.9. The van der Waals surface area contributed by atoms with Gasteiger partial charge in [-0.25, -0.2) is 4.68 Å². The topological polar surface area (TPSA) is 68.1 Å². The summed E-state index contributed by atoms with van der Waals surface area (Å²) in [7, 11) is 1.56. The Morgan fingerprint density at radius 1 is 1.10 bits per heavy atom. The number of hydrogen-bond donors (Lipinski definition) is 0. The van der Waals surface area contributed by atoms with Crippen molar-refractivity contribution in [3.63, 3.8) is 0 Å². The number of aryl methyl sites for hydroxylation is 2. The van der Waals surface area contributed by atoms with E-state index >= 15 is 0 Å².